The van der Waals surface area contributed by atoms with Gasteiger partial charge in [0.2, 0.25) is 5.91 Å². The summed E-state index contributed by atoms with van der Waals surface area (Å²) in [4.78, 5) is 30.7. The molecule has 5 atom stereocenters. The van der Waals surface area contributed by atoms with Gasteiger partial charge in [0, 0.05) is 63.9 Å². The number of thiophene rings is 1. The molecule has 8 heteroatoms. The van der Waals surface area contributed by atoms with Gasteiger partial charge < -0.3 is 14.4 Å². The number of ether oxygens (including phenoxy) is 2. The van der Waals surface area contributed by atoms with Crippen molar-refractivity contribution < 1.29 is 19.1 Å². The van der Waals surface area contributed by atoms with Crippen LogP contribution >= 0.6 is 27.3 Å². The first-order valence-electron chi connectivity index (χ1n) is 12.9. The standard InChI is InChI=1S/C29H31BrN2O4S/c1-4-12-32-13-11-29-21-6-7-22(31(3)26(34)10-5-19-14-18(30)16-37-19)28(29)36-25-9-8-24(35-17(2)33)20(27(25)29)15-23(21)32/h4-5,8-10,14,16,21-23,28H,1,6-7,11-13,15H2,2-3H3/b10-5+/t21-,22+,23+,28-,29-/m0/s1. The Balaban J connectivity index is 1.38. The molecule has 194 valence electrons. The molecule has 1 aromatic heterocycles. The summed E-state index contributed by atoms with van der Waals surface area (Å²) in [5.74, 6) is 1.64. The number of halogens is 1. The Labute approximate surface area is 230 Å². The van der Waals surface area contributed by atoms with Crippen LogP contribution in [0.15, 0.2) is 46.8 Å². The van der Waals surface area contributed by atoms with E-state index >= 15 is 0 Å². The van der Waals surface area contributed by atoms with E-state index in [-0.39, 0.29) is 29.4 Å². The molecule has 1 spiro atoms. The van der Waals surface area contributed by atoms with Gasteiger partial charge in [-0.3, -0.25) is 14.5 Å². The van der Waals surface area contributed by atoms with Gasteiger partial charge in [0.05, 0.1) is 6.04 Å². The third-order valence-corrected chi connectivity index (χ3v) is 10.5. The topological polar surface area (TPSA) is 59.1 Å². The van der Waals surface area contributed by atoms with Crippen LogP contribution in [-0.2, 0) is 21.4 Å². The molecule has 0 radical (unpaired) electrons. The average molecular weight is 584 g/mol. The van der Waals surface area contributed by atoms with E-state index in [9.17, 15) is 9.59 Å². The first-order chi connectivity index (χ1) is 17.8. The van der Waals surface area contributed by atoms with Gasteiger partial charge in [-0.25, -0.2) is 0 Å². The van der Waals surface area contributed by atoms with Crippen LogP contribution in [0.3, 0.4) is 0 Å². The molecular weight excluding hydrogens is 552 g/mol. The summed E-state index contributed by atoms with van der Waals surface area (Å²) in [5, 5.41) is 2.01. The molecule has 2 bridgehead atoms. The quantitative estimate of drug-likeness (QED) is 0.203. The molecule has 2 fully saturated rings. The van der Waals surface area contributed by atoms with Crippen LogP contribution < -0.4 is 9.47 Å². The number of carbonyl (C=O) groups excluding carboxylic acids is 2. The molecule has 37 heavy (non-hydrogen) atoms. The molecule has 1 amide bonds. The summed E-state index contributed by atoms with van der Waals surface area (Å²) in [5.41, 5.74) is 2.13. The Morgan fingerprint density at radius 3 is 2.95 bits per heavy atom. The molecule has 0 N–H and O–H groups in total. The summed E-state index contributed by atoms with van der Waals surface area (Å²) in [7, 11) is 1.91. The van der Waals surface area contributed by atoms with Crippen molar-refractivity contribution in [1.82, 2.24) is 9.80 Å². The second-order valence-corrected chi connectivity index (χ2v) is 12.5. The Bertz CT molecular complexity index is 1300. The van der Waals surface area contributed by atoms with Crippen molar-refractivity contribution in [3.05, 3.63) is 62.8 Å². The normalized spacial score (nSPS) is 29.5. The summed E-state index contributed by atoms with van der Waals surface area (Å²) in [6, 6.07) is 6.14. The van der Waals surface area contributed by atoms with Crippen LogP contribution in [0.2, 0.25) is 0 Å². The van der Waals surface area contributed by atoms with Crippen molar-refractivity contribution in [2.45, 2.75) is 56.2 Å². The van der Waals surface area contributed by atoms with Crippen molar-refractivity contribution in [1.29, 1.82) is 0 Å². The van der Waals surface area contributed by atoms with E-state index < -0.39 is 0 Å². The third kappa shape index (κ3) is 3.91. The second kappa shape index (κ2) is 9.40. The SMILES string of the molecule is C=CCN1CC[C@@]23c4c5ccc(OC(C)=O)c4C[C@@H]1[C@@H]2CC[C@@H](N(C)C(=O)/C=C/c1cc(Br)cs1)[C@@H]3O5. The van der Waals surface area contributed by atoms with Crippen molar-refractivity contribution >= 4 is 45.2 Å². The minimum atomic E-state index is -0.309. The van der Waals surface area contributed by atoms with Gasteiger partial charge in [0.1, 0.15) is 17.6 Å². The summed E-state index contributed by atoms with van der Waals surface area (Å²) in [6.45, 7) is 7.25. The molecule has 4 aliphatic rings. The number of piperidine rings is 1. The van der Waals surface area contributed by atoms with Crippen LogP contribution in [0.5, 0.6) is 11.5 Å². The molecule has 2 aromatic rings. The Hall–Kier alpha value is -2.42. The van der Waals surface area contributed by atoms with E-state index in [0.29, 0.717) is 17.7 Å². The molecule has 2 aliphatic heterocycles. The highest BCUT2D eigenvalue weighted by atomic mass is 79.9. The number of carbonyl (C=O) groups is 2. The fourth-order valence-electron chi connectivity index (χ4n) is 7.49. The van der Waals surface area contributed by atoms with Gasteiger partial charge in [-0.15, -0.1) is 17.9 Å². The highest BCUT2D eigenvalue weighted by molar-refractivity contribution is 9.10. The van der Waals surface area contributed by atoms with E-state index in [1.807, 2.05) is 47.7 Å². The van der Waals surface area contributed by atoms with Gasteiger partial charge in [0.15, 0.2) is 0 Å². The Kier molecular flexibility index (Phi) is 6.32. The van der Waals surface area contributed by atoms with Crippen molar-refractivity contribution in [2.24, 2.45) is 5.92 Å². The lowest BCUT2D eigenvalue weighted by molar-refractivity contribution is -0.135. The maximum absolute atomic E-state index is 13.3. The fourth-order valence-corrected chi connectivity index (χ4v) is 8.82. The molecule has 6 rings (SSSR count). The van der Waals surface area contributed by atoms with Crippen LogP contribution in [0, 0.1) is 5.92 Å². The smallest absolute Gasteiger partial charge is 0.308 e. The number of hydrogen-bond donors (Lipinski definition) is 0. The van der Waals surface area contributed by atoms with Gasteiger partial charge in [-0.05, 0) is 78.4 Å². The van der Waals surface area contributed by atoms with E-state index in [0.717, 1.165) is 59.4 Å². The number of nitrogens with zero attached hydrogens (tertiary/aromatic N) is 2. The zero-order valence-electron chi connectivity index (χ0n) is 21.1. The van der Waals surface area contributed by atoms with Crippen LogP contribution in [0.4, 0.5) is 0 Å². The van der Waals surface area contributed by atoms with Crippen LogP contribution in [0.25, 0.3) is 6.08 Å². The number of amides is 1. The maximum atomic E-state index is 13.3. The lowest BCUT2D eigenvalue weighted by atomic mass is 9.51. The van der Waals surface area contributed by atoms with Crippen LogP contribution in [-0.4, -0.2) is 60.0 Å². The Morgan fingerprint density at radius 2 is 2.22 bits per heavy atom. The zero-order chi connectivity index (χ0) is 25.9. The number of esters is 1. The van der Waals surface area contributed by atoms with Crippen molar-refractivity contribution in [3.8, 4) is 11.5 Å². The zero-order valence-corrected chi connectivity index (χ0v) is 23.5. The molecule has 6 nitrogen and oxygen atoms in total. The summed E-state index contributed by atoms with van der Waals surface area (Å²) >= 11 is 5.08. The van der Waals surface area contributed by atoms with Gasteiger partial charge in [-0.2, -0.15) is 0 Å². The summed E-state index contributed by atoms with van der Waals surface area (Å²) in [6.07, 6.45) is 9.13. The molecule has 1 saturated heterocycles. The number of benzene rings is 1. The average Bonchev–Trinajstić information content (AvgIpc) is 3.44. The van der Waals surface area contributed by atoms with Gasteiger partial charge in [-0.1, -0.05) is 6.08 Å². The Morgan fingerprint density at radius 1 is 1.38 bits per heavy atom. The molecule has 1 aromatic carbocycles. The predicted octanol–water partition coefficient (Wildman–Crippen LogP) is 5.20. The van der Waals surface area contributed by atoms with Crippen molar-refractivity contribution in [3.63, 3.8) is 0 Å². The highest BCUT2D eigenvalue weighted by Gasteiger charge is 2.66. The van der Waals surface area contributed by atoms with E-state index in [4.69, 9.17) is 9.47 Å². The number of hydrogen-bond acceptors (Lipinski definition) is 6. The van der Waals surface area contributed by atoms with Gasteiger partial charge in [0.25, 0.3) is 0 Å². The van der Waals surface area contributed by atoms with Crippen molar-refractivity contribution in [2.75, 3.05) is 20.1 Å². The molecule has 3 heterocycles. The van der Waals surface area contributed by atoms with E-state index in [1.54, 1.807) is 17.4 Å². The first-order valence-corrected chi connectivity index (χ1v) is 14.6. The lowest BCUT2D eigenvalue weighted by Gasteiger charge is -2.60. The monoisotopic (exact) mass is 582 g/mol. The van der Waals surface area contributed by atoms with Gasteiger partial charge >= 0.3 is 5.97 Å². The molecule has 1 saturated carbocycles. The molecule has 0 unspecified atom stereocenters. The predicted molar refractivity (Wildman–Crippen MR) is 148 cm³/mol. The number of rotatable bonds is 6. The number of likely N-dealkylation sites (N-methyl/N-ethyl adjacent to an activating group) is 1. The minimum Gasteiger partial charge on any atom is -0.487 e. The first kappa shape index (κ1) is 24.9. The highest BCUT2D eigenvalue weighted by Crippen LogP contribution is 2.63. The minimum absolute atomic E-state index is 0.0128. The molecule has 2 aliphatic carbocycles. The van der Waals surface area contributed by atoms with Crippen LogP contribution in [0.1, 0.15) is 42.2 Å². The van der Waals surface area contributed by atoms with E-state index in [1.165, 1.54) is 12.5 Å². The second-order valence-electron chi connectivity index (χ2n) is 10.6. The summed E-state index contributed by atoms with van der Waals surface area (Å²) < 4.78 is 13.5. The lowest BCUT2D eigenvalue weighted by Crippen LogP contribution is -2.68. The largest absolute Gasteiger partial charge is 0.487 e. The maximum Gasteiger partial charge on any atom is 0.308 e. The number of likely N-dealkylation sites (tertiary alicyclic amines) is 1. The van der Waals surface area contributed by atoms with E-state index in [2.05, 4.69) is 27.4 Å². The molecular formula is C29H31BrN2O4S. The fraction of sp³-hybridized carbons (Fsp3) is 0.448. The third-order valence-electron chi connectivity index (χ3n) is 8.84.